The number of hydrogen-bond donors (Lipinski definition) is 0. The molecule has 0 aliphatic carbocycles. The lowest BCUT2D eigenvalue weighted by atomic mass is 10.2. The maximum atomic E-state index is 5.83. The Morgan fingerprint density at radius 2 is 2.29 bits per heavy atom. The molecule has 0 N–H and O–H groups in total. The minimum Gasteiger partial charge on any atom is -0.369 e. The van der Waals surface area contributed by atoms with Crippen LogP contribution in [0.4, 0.5) is 5.82 Å². The number of aryl methyl sites for hydroxylation is 1. The van der Waals surface area contributed by atoms with E-state index in [0.717, 1.165) is 17.8 Å². The standard InChI is InChI=1S/C10H14ClN3/c1-4-8-5-9(11)6-12-10(8)13-7-14(2)3/h5-7H,4H2,1-3H3. The predicted molar refractivity (Wildman–Crippen MR) is 60.5 cm³/mol. The largest absolute Gasteiger partial charge is 0.369 e. The highest BCUT2D eigenvalue weighted by Gasteiger charge is 2.00. The number of aliphatic imine (C=N–C) groups is 1. The van der Waals surface area contributed by atoms with Crippen molar-refractivity contribution in [3.05, 3.63) is 22.8 Å². The minimum absolute atomic E-state index is 0.658. The van der Waals surface area contributed by atoms with Crippen LogP contribution in [-0.2, 0) is 6.42 Å². The molecule has 0 unspecified atom stereocenters. The Morgan fingerprint density at radius 3 is 2.86 bits per heavy atom. The highest BCUT2D eigenvalue weighted by molar-refractivity contribution is 6.30. The van der Waals surface area contributed by atoms with E-state index in [-0.39, 0.29) is 0 Å². The molecule has 0 saturated carbocycles. The molecule has 0 aromatic carbocycles. The average molecular weight is 212 g/mol. The summed E-state index contributed by atoms with van der Waals surface area (Å²) in [6.45, 7) is 2.06. The second kappa shape index (κ2) is 4.96. The van der Waals surface area contributed by atoms with Gasteiger partial charge in [0.15, 0.2) is 5.82 Å². The van der Waals surface area contributed by atoms with Crippen molar-refractivity contribution >= 4 is 23.8 Å². The van der Waals surface area contributed by atoms with E-state index < -0.39 is 0 Å². The van der Waals surface area contributed by atoms with E-state index >= 15 is 0 Å². The molecule has 0 aliphatic rings. The van der Waals surface area contributed by atoms with Crippen molar-refractivity contribution in [3.8, 4) is 0 Å². The lowest BCUT2D eigenvalue weighted by Crippen LogP contribution is -2.07. The molecule has 1 aromatic rings. The summed E-state index contributed by atoms with van der Waals surface area (Å²) >= 11 is 5.83. The first kappa shape index (κ1) is 11.0. The Bertz CT molecular complexity index is 334. The number of hydrogen-bond acceptors (Lipinski definition) is 2. The van der Waals surface area contributed by atoms with Gasteiger partial charge in [0.25, 0.3) is 0 Å². The number of rotatable bonds is 3. The smallest absolute Gasteiger partial charge is 0.156 e. The van der Waals surface area contributed by atoms with Crippen LogP contribution in [0, 0.1) is 0 Å². The molecule has 14 heavy (non-hydrogen) atoms. The van der Waals surface area contributed by atoms with Crippen molar-refractivity contribution in [1.82, 2.24) is 9.88 Å². The van der Waals surface area contributed by atoms with Crippen LogP contribution in [0.15, 0.2) is 17.3 Å². The molecule has 0 saturated heterocycles. The Morgan fingerprint density at radius 1 is 1.57 bits per heavy atom. The molecule has 1 heterocycles. The molecular formula is C10H14ClN3. The van der Waals surface area contributed by atoms with Crippen LogP contribution >= 0.6 is 11.6 Å². The number of pyridine rings is 1. The number of nitrogens with zero attached hydrogens (tertiary/aromatic N) is 3. The van der Waals surface area contributed by atoms with E-state index in [2.05, 4.69) is 16.9 Å². The summed E-state index contributed by atoms with van der Waals surface area (Å²) in [5.74, 6) is 0.741. The van der Waals surface area contributed by atoms with Crippen LogP contribution < -0.4 is 0 Å². The van der Waals surface area contributed by atoms with Crippen molar-refractivity contribution in [1.29, 1.82) is 0 Å². The van der Waals surface area contributed by atoms with Gasteiger partial charge in [0.05, 0.1) is 11.4 Å². The Kier molecular flexibility index (Phi) is 3.89. The zero-order valence-electron chi connectivity index (χ0n) is 8.66. The minimum atomic E-state index is 0.658. The second-order valence-electron chi connectivity index (χ2n) is 3.20. The van der Waals surface area contributed by atoms with Crippen molar-refractivity contribution in [2.75, 3.05) is 14.1 Å². The van der Waals surface area contributed by atoms with E-state index in [0.29, 0.717) is 5.02 Å². The molecular weight excluding hydrogens is 198 g/mol. The summed E-state index contributed by atoms with van der Waals surface area (Å²) in [6.07, 6.45) is 4.23. The molecule has 0 radical (unpaired) electrons. The van der Waals surface area contributed by atoms with Gasteiger partial charge in [-0.3, -0.25) is 0 Å². The second-order valence-corrected chi connectivity index (χ2v) is 3.63. The van der Waals surface area contributed by atoms with Gasteiger partial charge in [0.1, 0.15) is 0 Å². The van der Waals surface area contributed by atoms with E-state index in [9.17, 15) is 0 Å². The first-order valence-corrected chi connectivity index (χ1v) is 4.86. The molecule has 3 nitrogen and oxygen atoms in total. The molecule has 0 fully saturated rings. The van der Waals surface area contributed by atoms with Gasteiger partial charge in [0, 0.05) is 20.3 Å². The van der Waals surface area contributed by atoms with Gasteiger partial charge >= 0.3 is 0 Å². The van der Waals surface area contributed by atoms with Gasteiger partial charge in [-0.2, -0.15) is 0 Å². The molecule has 0 atom stereocenters. The number of halogens is 1. The van der Waals surface area contributed by atoms with Crippen LogP contribution in [0.1, 0.15) is 12.5 Å². The summed E-state index contributed by atoms with van der Waals surface area (Å²) < 4.78 is 0. The monoisotopic (exact) mass is 211 g/mol. The van der Waals surface area contributed by atoms with Crippen molar-refractivity contribution in [2.24, 2.45) is 4.99 Å². The summed E-state index contributed by atoms with van der Waals surface area (Å²) in [5, 5.41) is 0.658. The fourth-order valence-electron chi connectivity index (χ4n) is 1.02. The SMILES string of the molecule is CCc1cc(Cl)cnc1N=CN(C)C. The maximum absolute atomic E-state index is 5.83. The van der Waals surface area contributed by atoms with Crippen LogP contribution in [0.2, 0.25) is 5.02 Å². The highest BCUT2D eigenvalue weighted by atomic mass is 35.5. The molecule has 0 bridgehead atoms. The molecule has 76 valence electrons. The van der Waals surface area contributed by atoms with E-state index in [4.69, 9.17) is 11.6 Å². The number of aromatic nitrogens is 1. The summed E-state index contributed by atoms with van der Waals surface area (Å²) in [7, 11) is 3.84. The van der Waals surface area contributed by atoms with Crippen molar-refractivity contribution < 1.29 is 0 Å². The lowest BCUT2D eigenvalue weighted by molar-refractivity contribution is 0.643. The third-order valence-electron chi connectivity index (χ3n) is 1.70. The maximum Gasteiger partial charge on any atom is 0.156 e. The fraction of sp³-hybridized carbons (Fsp3) is 0.400. The van der Waals surface area contributed by atoms with Gasteiger partial charge in [-0.1, -0.05) is 18.5 Å². The van der Waals surface area contributed by atoms with Crippen molar-refractivity contribution in [3.63, 3.8) is 0 Å². The first-order valence-electron chi connectivity index (χ1n) is 4.48. The summed E-state index contributed by atoms with van der Waals surface area (Å²) in [5.41, 5.74) is 1.07. The fourth-order valence-corrected chi connectivity index (χ4v) is 1.20. The van der Waals surface area contributed by atoms with E-state index in [1.165, 1.54) is 0 Å². The Balaban J connectivity index is 2.96. The molecule has 1 rings (SSSR count). The Hall–Kier alpha value is -1.09. The Labute approximate surface area is 89.4 Å². The third kappa shape index (κ3) is 3.00. The highest BCUT2D eigenvalue weighted by Crippen LogP contribution is 2.19. The molecule has 1 aromatic heterocycles. The predicted octanol–water partition coefficient (Wildman–Crippen LogP) is 2.52. The third-order valence-corrected chi connectivity index (χ3v) is 1.91. The first-order chi connectivity index (χ1) is 6.63. The van der Waals surface area contributed by atoms with E-state index in [1.54, 1.807) is 12.5 Å². The van der Waals surface area contributed by atoms with Gasteiger partial charge in [-0.25, -0.2) is 9.98 Å². The zero-order chi connectivity index (χ0) is 10.6. The summed E-state index contributed by atoms with van der Waals surface area (Å²) in [6, 6.07) is 1.90. The molecule has 0 aliphatic heterocycles. The van der Waals surface area contributed by atoms with Crippen LogP contribution in [-0.4, -0.2) is 30.3 Å². The average Bonchev–Trinajstić information content (AvgIpc) is 2.15. The van der Waals surface area contributed by atoms with Gasteiger partial charge in [-0.05, 0) is 18.1 Å². The van der Waals surface area contributed by atoms with Crippen molar-refractivity contribution in [2.45, 2.75) is 13.3 Å². The quantitative estimate of drug-likeness (QED) is 0.568. The summed E-state index contributed by atoms with van der Waals surface area (Å²) in [4.78, 5) is 10.3. The van der Waals surface area contributed by atoms with Gasteiger partial charge in [0.2, 0.25) is 0 Å². The normalized spacial score (nSPS) is 10.9. The molecule has 4 heteroatoms. The van der Waals surface area contributed by atoms with Crippen LogP contribution in [0.5, 0.6) is 0 Å². The molecule has 0 spiro atoms. The van der Waals surface area contributed by atoms with Crippen LogP contribution in [0.3, 0.4) is 0 Å². The topological polar surface area (TPSA) is 28.5 Å². The van der Waals surface area contributed by atoms with Gasteiger partial charge in [-0.15, -0.1) is 0 Å². The zero-order valence-corrected chi connectivity index (χ0v) is 9.41. The van der Waals surface area contributed by atoms with E-state index in [1.807, 2.05) is 25.1 Å². The van der Waals surface area contributed by atoms with Gasteiger partial charge < -0.3 is 4.90 Å². The van der Waals surface area contributed by atoms with Crippen LogP contribution in [0.25, 0.3) is 0 Å². The molecule has 0 amide bonds. The lowest BCUT2D eigenvalue weighted by Gasteiger charge is -2.05.